The molecule has 6 heteroatoms. The number of carbonyl (C=O) groups excluding carboxylic acids is 1. The van der Waals surface area contributed by atoms with Gasteiger partial charge in [0.15, 0.2) is 0 Å². The maximum Gasteiger partial charge on any atom is 0.292 e. The third kappa shape index (κ3) is 3.51. The van der Waals surface area contributed by atoms with Gasteiger partial charge < -0.3 is 10.6 Å². The number of hydrogen-bond acceptors (Lipinski definition) is 4. The Kier molecular flexibility index (Phi) is 4.16. The van der Waals surface area contributed by atoms with E-state index < -0.39 is 4.92 Å². The van der Waals surface area contributed by atoms with Crippen molar-refractivity contribution in [2.24, 2.45) is 5.92 Å². The van der Waals surface area contributed by atoms with Crippen LogP contribution in [0.25, 0.3) is 0 Å². The quantitative estimate of drug-likeness (QED) is 0.623. The van der Waals surface area contributed by atoms with Gasteiger partial charge in [0.2, 0.25) is 0 Å². The second-order valence-electron chi connectivity index (χ2n) is 5.97. The standard InChI is InChI=1S/C15H21N3O3/c1-4-16-12-9-10(5-8-13(12)18(20)21)14(19)17-15(2,3)11-6-7-11/h5,8-9,11,16H,4,6-7H2,1-3H3,(H,17,19). The number of carbonyl (C=O) groups is 1. The lowest BCUT2D eigenvalue weighted by Crippen LogP contribution is -2.45. The van der Waals surface area contributed by atoms with Crippen LogP contribution >= 0.6 is 0 Å². The highest BCUT2D eigenvalue weighted by Crippen LogP contribution is 2.39. The second-order valence-corrected chi connectivity index (χ2v) is 5.97. The van der Waals surface area contributed by atoms with Crippen LogP contribution in [-0.4, -0.2) is 22.9 Å². The van der Waals surface area contributed by atoms with E-state index in [4.69, 9.17) is 0 Å². The fourth-order valence-corrected chi connectivity index (χ4v) is 2.44. The van der Waals surface area contributed by atoms with Crippen molar-refractivity contribution in [3.05, 3.63) is 33.9 Å². The van der Waals surface area contributed by atoms with Gasteiger partial charge >= 0.3 is 0 Å². The molecule has 21 heavy (non-hydrogen) atoms. The molecule has 0 aliphatic heterocycles. The summed E-state index contributed by atoms with van der Waals surface area (Å²) in [5.41, 5.74) is 0.552. The highest BCUT2D eigenvalue weighted by molar-refractivity contribution is 5.96. The maximum absolute atomic E-state index is 12.3. The van der Waals surface area contributed by atoms with Gasteiger partial charge in [-0.1, -0.05) is 0 Å². The summed E-state index contributed by atoms with van der Waals surface area (Å²) in [7, 11) is 0. The predicted molar refractivity (Wildman–Crippen MR) is 81.5 cm³/mol. The Labute approximate surface area is 124 Å². The van der Waals surface area contributed by atoms with Crippen molar-refractivity contribution in [1.82, 2.24) is 5.32 Å². The van der Waals surface area contributed by atoms with Crippen molar-refractivity contribution in [3.63, 3.8) is 0 Å². The normalized spacial score (nSPS) is 14.6. The van der Waals surface area contributed by atoms with Crippen LogP contribution in [0, 0.1) is 16.0 Å². The average molecular weight is 291 g/mol. The molecule has 1 saturated carbocycles. The van der Waals surface area contributed by atoms with E-state index in [0.717, 1.165) is 12.8 Å². The van der Waals surface area contributed by atoms with Gasteiger partial charge in [-0.25, -0.2) is 0 Å². The summed E-state index contributed by atoms with van der Waals surface area (Å²) in [6.45, 7) is 6.43. The SMILES string of the molecule is CCNc1cc(C(=O)NC(C)(C)C2CC2)ccc1[N+](=O)[O-]. The van der Waals surface area contributed by atoms with Crippen molar-refractivity contribution in [2.75, 3.05) is 11.9 Å². The molecule has 1 fully saturated rings. The Morgan fingerprint density at radius 1 is 1.43 bits per heavy atom. The number of nitro groups is 1. The topological polar surface area (TPSA) is 84.3 Å². The number of nitrogens with zero attached hydrogens (tertiary/aromatic N) is 1. The summed E-state index contributed by atoms with van der Waals surface area (Å²) in [6, 6.07) is 4.41. The molecule has 1 aromatic carbocycles. The molecule has 1 amide bonds. The number of anilines is 1. The van der Waals surface area contributed by atoms with Crippen LogP contribution < -0.4 is 10.6 Å². The molecule has 0 atom stereocenters. The molecular weight excluding hydrogens is 270 g/mol. The molecule has 1 aromatic rings. The zero-order valence-corrected chi connectivity index (χ0v) is 12.6. The lowest BCUT2D eigenvalue weighted by atomic mass is 9.98. The van der Waals surface area contributed by atoms with E-state index in [1.807, 2.05) is 20.8 Å². The van der Waals surface area contributed by atoms with Crippen LogP contribution in [0.15, 0.2) is 18.2 Å². The first-order valence-electron chi connectivity index (χ1n) is 7.20. The molecule has 0 saturated heterocycles. The summed E-state index contributed by atoms with van der Waals surface area (Å²) in [6.07, 6.45) is 2.27. The predicted octanol–water partition coefficient (Wildman–Crippen LogP) is 2.95. The molecule has 0 heterocycles. The summed E-state index contributed by atoms with van der Waals surface area (Å²) in [4.78, 5) is 22.8. The zero-order valence-electron chi connectivity index (χ0n) is 12.6. The first-order chi connectivity index (χ1) is 9.85. The Morgan fingerprint density at radius 2 is 2.10 bits per heavy atom. The first-order valence-corrected chi connectivity index (χ1v) is 7.20. The molecular formula is C15H21N3O3. The third-order valence-corrected chi connectivity index (χ3v) is 3.86. The van der Waals surface area contributed by atoms with Crippen LogP contribution in [0.2, 0.25) is 0 Å². The largest absolute Gasteiger partial charge is 0.380 e. The molecule has 0 unspecified atom stereocenters. The summed E-state index contributed by atoms with van der Waals surface area (Å²) in [5, 5.41) is 16.9. The fraction of sp³-hybridized carbons (Fsp3) is 0.533. The lowest BCUT2D eigenvalue weighted by molar-refractivity contribution is -0.384. The van der Waals surface area contributed by atoms with E-state index in [-0.39, 0.29) is 17.1 Å². The van der Waals surface area contributed by atoms with Gasteiger partial charge in [0, 0.05) is 23.7 Å². The van der Waals surface area contributed by atoms with Gasteiger partial charge in [0.05, 0.1) is 4.92 Å². The Hall–Kier alpha value is -2.11. The Bertz CT molecular complexity index is 565. The molecule has 1 aliphatic rings. The van der Waals surface area contributed by atoms with Crippen molar-refractivity contribution in [3.8, 4) is 0 Å². The van der Waals surface area contributed by atoms with E-state index in [1.54, 1.807) is 6.07 Å². The highest BCUT2D eigenvalue weighted by Gasteiger charge is 2.38. The fourth-order valence-electron chi connectivity index (χ4n) is 2.44. The number of nitrogens with one attached hydrogen (secondary N) is 2. The number of hydrogen-bond donors (Lipinski definition) is 2. The summed E-state index contributed by atoms with van der Waals surface area (Å²) in [5.74, 6) is 0.327. The van der Waals surface area contributed by atoms with Gasteiger partial charge in [-0.05, 0) is 51.7 Å². The zero-order chi connectivity index (χ0) is 15.6. The van der Waals surface area contributed by atoms with Crippen molar-refractivity contribution in [2.45, 2.75) is 39.2 Å². The van der Waals surface area contributed by atoms with Gasteiger partial charge in [-0.15, -0.1) is 0 Å². The van der Waals surface area contributed by atoms with Crippen LogP contribution in [0.4, 0.5) is 11.4 Å². The average Bonchev–Trinajstić information content (AvgIpc) is 3.22. The molecule has 0 radical (unpaired) electrons. The highest BCUT2D eigenvalue weighted by atomic mass is 16.6. The number of amides is 1. The molecule has 114 valence electrons. The molecule has 1 aliphatic carbocycles. The summed E-state index contributed by atoms with van der Waals surface area (Å²) < 4.78 is 0. The van der Waals surface area contributed by atoms with Crippen LogP contribution in [0.1, 0.15) is 44.0 Å². The van der Waals surface area contributed by atoms with E-state index in [2.05, 4.69) is 10.6 Å². The maximum atomic E-state index is 12.3. The van der Waals surface area contributed by atoms with E-state index in [9.17, 15) is 14.9 Å². The molecule has 6 nitrogen and oxygen atoms in total. The van der Waals surface area contributed by atoms with Gasteiger partial charge in [-0.2, -0.15) is 0 Å². The molecule has 0 bridgehead atoms. The first kappa shape index (κ1) is 15.3. The van der Waals surface area contributed by atoms with E-state index in [1.165, 1.54) is 12.1 Å². The number of nitro benzene ring substituents is 1. The molecule has 2 N–H and O–H groups in total. The van der Waals surface area contributed by atoms with Crippen LogP contribution in [-0.2, 0) is 0 Å². The van der Waals surface area contributed by atoms with E-state index in [0.29, 0.717) is 23.7 Å². The monoisotopic (exact) mass is 291 g/mol. The van der Waals surface area contributed by atoms with Gasteiger partial charge in [0.1, 0.15) is 5.69 Å². The Morgan fingerprint density at radius 3 is 2.62 bits per heavy atom. The van der Waals surface area contributed by atoms with E-state index >= 15 is 0 Å². The number of rotatable bonds is 6. The third-order valence-electron chi connectivity index (χ3n) is 3.86. The molecule has 2 rings (SSSR count). The lowest BCUT2D eigenvalue weighted by Gasteiger charge is -2.26. The Balaban J connectivity index is 2.21. The van der Waals surface area contributed by atoms with Crippen molar-refractivity contribution >= 4 is 17.3 Å². The van der Waals surface area contributed by atoms with Crippen molar-refractivity contribution < 1.29 is 9.72 Å². The minimum absolute atomic E-state index is 0.0187. The van der Waals surface area contributed by atoms with Crippen LogP contribution in [0.5, 0.6) is 0 Å². The molecule has 0 aromatic heterocycles. The molecule has 0 spiro atoms. The minimum Gasteiger partial charge on any atom is -0.380 e. The summed E-state index contributed by atoms with van der Waals surface area (Å²) >= 11 is 0. The van der Waals surface area contributed by atoms with Crippen molar-refractivity contribution in [1.29, 1.82) is 0 Å². The van der Waals surface area contributed by atoms with Gasteiger partial charge in [-0.3, -0.25) is 14.9 Å². The number of benzene rings is 1. The second kappa shape index (κ2) is 5.71. The minimum atomic E-state index is -0.451. The van der Waals surface area contributed by atoms with Crippen LogP contribution in [0.3, 0.4) is 0 Å². The van der Waals surface area contributed by atoms with Gasteiger partial charge in [0.25, 0.3) is 11.6 Å². The smallest absolute Gasteiger partial charge is 0.292 e.